The number of halogens is 2. The van der Waals surface area contributed by atoms with Gasteiger partial charge >= 0.3 is 0 Å². The summed E-state index contributed by atoms with van der Waals surface area (Å²) in [5.41, 5.74) is 0.490. The molecule has 0 aliphatic carbocycles. The molecule has 1 fully saturated rings. The van der Waals surface area contributed by atoms with E-state index in [1.165, 1.54) is 0 Å². The second kappa shape index (κ2) is 5.73. The van der Waals surface area contributed by atoms with E-state index < -0.39 is 0 Å². The maximum absolute atomic E-state index is 12.3. The molecule has 0 bridgehead atoms. The molecule has 0 N–H and O–H groups in total. The minimum absolute atomic E-state index is 0.0615. The monoisotopic (exact) mass is 326 g/mol. The summed E-state index contributed by atoms with van der Waals surface area (Å²) in [5.74, 6) is -0.158. The number of nitriles is 1. The van der Waals surface area contributed by atoms with E-state index in [0.29, 0.717) is 23.7 Å². The molecule has 3 nitrogen and oxygen atoms in total. The van der Waals surface area contributed by atoms with Crippen LogP contribution in [0.5, 0.6) is 0 Å². The summed E-state index contributed by atoms with van der Waals surface area (Å²) in [6.45, 7) is 1.19. The van der Waals surface area contributed by atoms with Gasteiger partial charge in [0.05, 0.1) is 22.6 Å². The zero-order valence-electron chi connectivity index (χ0n) is 9.70. The minimum Gasteiger partial charge on any atom is -0.337 e. The molecule has 1 aromatic carbocycles. The number of nitrogens with zero attached hydrogens (tertiary/aromatic N) is 2. The Morgan fingerprint density at radius 1 is 1.56 bits per heavy atom. The molecule has 1 atom stereocenters. The lowest BCUT2D eigenvalue weighted by atomic mass is 9.99. The first-order chi connectivity index (χ1) is 8.61. The fourth-order valence-corrected chi connectivity index (χ4v) is 2.66. The topological polar surface area (TPSA) is 44.1 Å². The lowest BCUT2D eigenvalue weighted by Gasteiger charge is -2.29. The van der Waals surface area contributed by atoms with Crippen molar-refractivity contribution >= 4 is 33.4 Å². The van der Waals surface area contributed by atoms with Gasteiger partial charge in [0.15, 0.2) is 0 Å². The zero-order chi connectivity index (χ0) is 13.1. The highest BCUT2D eigenvalue weighted by atomic mass is 79.9. The molecule has 1 heterocycles. The lowest BCUT2D eigenvalue weighted by Crippen LogP contribution is -2.39. The van der Waals surface area contributed by atoms with Crippen LogP contribution in [0.4, 0.5) is 0 Å². The number of rotatable bonds is 1. The van der Waals surface area contributed by atoms with Gasteiger partial charge in [0.25, 0.3) is 5.91 Å². The fraction of sp³-hybridized carbons (Fsp3) is 0.385. The van der Waals surface area contributed by atoms with Crippen LogP contribution in [0, 0.1) is 17.2 Å². The maximum Gasteiger partial charge on any atom is 0.255 e. The summed E-state index contributed by atoms with van der Waals surface area (Å²) in [5, 5.41) is 9.38. The summed E-state index contributed by atoms with van der Waals surface area (Å²) in [7, 11) is 0. The van der Waals surface area contributed by atoms with Gasteiger partial charge in [0, 0.05) is 17.6 Å². The van der Waals surface area contributed by atoms with Crippen LogP contribution >= 0.6 is 27.5 Å². The first-order valence-electron chi connectivity index (χ1n) is 5.75. The highest BCUT2D eigenvalue weighted by molar-refractivity contribution is 9.10. The van der Waals surface area contributed by atoms with E-state index in [0.717, 1.165) is 17.3 Å². The number of piperidine rings is 1. The molecule has 2 rings (SSSR count). The molecule has 0 aromatic heterocycles. The number of amides is 1. The van der Waals surface area contributed by atoms with Gasteiger partial charge in [-0.3, -0.25) is 4.79 Å². The standard InChI is InChI=1S/C13H12BrClN2O/c14-10-3-4-12(15)11(6-10)13(18)17-5-1-2-9(7-16)8-17/h3-4,6,9H,1-2,5,8H2. The van der Waals surface area contributed by atoms with Crippen LogP contribution in [0.3, 0.4) is 0 Å². The quantitative estimate of drug-likeness (QED) is 0.792. The lowest BCUT2D eigenvalue weighted by molar-refractivity contribution is 0.0699. The Balaban J connectivity index is 2.21. The van der Waals surface area contributed by atoms with Crippen molar-refractivity contribution in [3.05, 3.63) is 33.3 Å². The summed E-state index contributed by atoms with van der Waals surface area (Å²) < 4.78 is 0.823. The van der Waals surface area contributed by atoms with Gasteiger partial charge in [-0.25, -0.2) is 0 Å². The highest BCUT2D eigenvalue weighted by Gasteiger charge is 2.25. The summed E-state index contributed by atoms with van der Waals surface area (Å²) in [4.78, 5) is 14.1. The van der Waals surface area contributed by atoms with E-state index in [4.69, 9.17) is 16.9 Å². The number of hydrogen-bond donors (Lipinski definition) is 0. The number of benzene rings is 1. The van der Waals surface area contributed by atoms with Crippen molar-refractivity contribution in [2.24, 2.45) is 5.92 Å². The molecule has 18 heavy (non-hydrogen) atoms. The Morgan fingerprint density at radius 3 is 3.06 bits per heavy atom. The van der Waals surface area contributed by atoms with Crippen molar-refractivity contribution in [2.75, 3.05) is 13.1 Å². The summed E-state index contributed by atoms with van der Waals surface area (Å²) >= 11 is 9.38. The number of likely N-dealkylation sites (tertiary alicyclic amines) is 1. The molecule has 0 spiro atoms. The highest BCUT2D eigenvalue weighted by Crippen LogP contribution is 2.24. The average molecular weight is 328 g/mol. The first kappa shape index (κ1) is 13.4. The van der Waals surface area contributed by atoms with E-state index in [9.17, 15) is 4.79 Å². The van der Waals surface area contributed by atoms with Crippen LogP contribution in [-0.2, 0) is 0 Å². The zero-order valence-corrected chi connectivity index (χ0v) is 12.0. The Morgan fingerprint density at radius 2 is 2.33 bits per heavy atom. The molecule has 1 aromatic rings. The Kier molecular flexibility index (Phi) is 4.26. The molecule has 1 amide bonds. The van der Waals surface area contributed by atoms with E-state index in [2.05, 4.69) is 22.0 Å². The van der Waals surface area contributed by atoms with Gasteiger partial charge in [0.1, 0.15) is 0 Å². The molecule has 94 valence electrons. The van der Waals surface area contributed by atoms with Crippen molar-refractivity contribution in [1.82, 2.24) is 4.90 Å². The van der Waals surface area contributed by atoms with Crippen molar-refractivity contribution in [3.63, 3.8) is 0 Å². The number of carbonyl (C=O) groups is 1. The van der Waals surface area contributed by atoms with Gasteiger partial charge in [0.2, 0.25) is 0 Å². The van der Waals surface area contributed by atoms with Gasteiger partial charge in [-0.05, 0) is 31.0 Å². The number of hydrogen-bond acceptors (Lipinski definition) is 2. The van der Waals surface area contributed by atoms with E-state index in [1.807, 2.05) is 0 Å². The molecule has 1 aliphatic rings. The molecule has 5 heteroatoms. The SMILES string of the molecule is N#CC1CCCN(C(=O)c2cc(Br)ccc2Cl)C1. The predicted octanol–water partition coefficient (Wildman–Crippen LogP) is 3.48. The molecular weight excluding hydrogens is 316 g/mol. The van der Waals surface area contributed by atoms with Crippen molar-refractivity contribution in [3.8, 4) is 6.07 Å². The van der Waals surface area contributed by atoms with Gasteiger partial charge < -0.3 is 4.90 Å². The molecule has 0 saturated carbocycles. The predicted molar refractivity (Wildman–Crippen MR) is 73.4 cm³/mol. The van der Waals surface area contributed by atoms with E-state index in [-0.39, 0.29) is 11.8 Å². The number of carbonyl (C=O) groups excluding carboxylic acids is 1. The van der Waals surface area contributed by atoms with Crippen LogP contribution in [-0.4, -0.2) is 23.9 Å². The summed E-state index contributed by atoms with van der Waals surface area (Å²) in [6.07, 6.45) is 1.74. The van der Waals surface area contributed by atoms with E-state index in [1.54, 1.807) is 23.1 Å². The Hall–Kier alpha value is -1.05. The third-order valence-electron chi connectivity index (χ3n) is 3.05. The third kappa shape index (κ3) is 2.85. The maximum atomic E-state index is 12.3. The van der Waals surface area contributed by atoms with Crippen molar-refractivity contribution in [2.45, 2.75) is 12.8 Å². The molecule has 0 radical (unpaired) electrons. The van der Waals surface area contributed by atoms with Gasteiger partial charge in [-0.15, -0.1) is 0 Å². The van der Waals surface area contributed by atoms with Crippen LogP contribution in [0.1, 0.15) is 23.2 Å². The largest absolute Gasteiger partial charge is 0.337 e. The normalized spacial score (nSPS) is 19.4. The van der Waals surface area contributed by atoms with Gasteiger partial charge in [-0.1, -0.05) is 27.5 Å². The van der Waals surface area contributed by atoms with E-state index >= 15 is 0 Å². The molecular formula is C13H12BrClN2O. The average Bonchev–Trinajstić information content (AvgIpc) is 2.41. The van der Waals surface area contributed by atoms with Crippen LogP contribution < -0.4 is 0 Å². The Labute approximate surface area is 119 Å². The second-order valence-corrected chi connectivity index (χ2v) is 5.67. The molecule has 1 aliphatic heterocycles. The van der Waals surface area contributed by atoms with Crippen molar-refractivity contribution in [1.29, 1.82) is 5.26 Å². The Bertz CT molecular complexity index is 512. The molecule has 1 unspecified atom stereocenters. The first-order valence-corrected chi connectivity index (χ1v) is 6.93. The second-order valence-electron chi connectivity index (χ2n) is 4.34. The third-order valence-corrected chi connectivity index (χ3v) is 3.87. The van der Waals surface area contributed by atoms with Crippen LogP contribution in [0.15, 0.2) is 22.7 Å². The fourth-order valence-electron chi connectivity index (χ4n) is 2.10. The van der Waals surface area contributed by atoms with Crippen molar-refractivity contribution < 1.29 is 4.79 Å². The summed E-state index contributed by atoms with van der Waals surface area (Å²) in [6, 6.07) is 7.45. The minimum atomic E-state index is -0.0961. The molecule has 1 saturated heterocycles. The smallest absolute Gasteiger partial charge is 0.255 e. The van der Waals surface area contributed by atoms with Gasteiger partial charge in [-0.2, -0.15) is 5.26 Å². The van der Waals surface area contributed by atoms with Crippen LogP contribution in [0.2, 0.25) is 5.02 Å². The van der Waals surface area contributed by atoms with Crippen LogP contribution in [0.25, 0.3) is 0 Å².